The van der Waals surface area contributed by atoms with Gasteiger partial charge in [-0.05, 0) is 46.6 Å². The molecule has 0 bridgehead atoms. The lowest BCUT2D eigenvalue weighted by Gasteiger charge is -2.20. The SMILES string of the molecule is COC(=O)[C@@H](C)N1C(=O)/C(=C/c2ccc(OC)c(Br)c2)SC1=S. The highest BCUT2D eigenvalue weighted by atomic mass is 79.9. The maximum absolute atomic E-state index is 12.5. The summed E-state index contributed by atoms with van der Waals surface area (Å²) in [4.78, 5) is 25.9. The Kier molecular flexibility index (Phi) is 5.83. The number of hydrogen-bond donors (Lipinski definition) is 0. The zero-order chi connectivity index (χ0) is 17.1. The van der Waals surface area contributed by atoms with Crippen LogP contribution in [0.25, 0.3) is 6.08 Å². The van der Waals surface area contributed by atoms with Crippen molar-refractivity contribution in [3.63, 3.8) is 0 Å². The number of benzene rings is 1. The minimum Gasteiger partial charge on any atom is -0.496 e. The average Bonchev–Trinajstić information content (AvgIpc) is 2.80. The Balaban J connectivity index is 2.28. The molecule has 0 N–H and O–H groups in total. The lowest BCUT2D eigenvalue weighted by molar-refractivity contribution is -0.147. The molecule has 1 heterocycles. The second-order valence-corrected chi connectivity index (χ2v) is 7.17. The van der Waals surface area contributed by atoms with Crippen LogP contribution >= 0.6 is 39.9 Å². The first kappa shape index (κ1) is 18.0. The summed E-state index contributed by atoms with van der Waals surface area (Å²) in [6, 6.07) is 4.73. The van der Waals surface area contributed by atoms with Gasteiger partial charge < -0.3 is 9.47 Å². The van der Waals surface area contributed by atoms with Crippen molar-refractivity contribution in [3.8, 4) is 5.75 Å². The molecule has 0 unspecified atom stereocenters. The third kappa shape index (κ3) is 3.76. The van der Waals surface area contributed by atoms with Crippen LogP contribution in [0.1, 0.15) is 12.5 Å². The van der Waals surface area contributed by atoms with Crippen molar-refractivity contribution >= 4 is 62.2 Å². The van der Waals surface area contributed by atoms with Gasteiger partial charge in [-0.2, -0.15) is 0 Å². The molecule has 0 aliphatic carbocycles. The highest BCUT2D eigenvalue weighted by Crippen LogP contribution is 2.35. The molecule has 0 radical (unpaired) electrons. The van der Waals surface area contributed by atoms with E-state index in [1.165, 1.54) is 12.0 Å². The van der Waals surface area contributed by atoms with Crippen LogP contribution in [0, 0.1) is 0 Å². The molecule has 23 heavy (non-hydrogen) atoms. The summed E-state index contributed by atoms with van der Waals surface area (Å²) in [6.07, 6.45) is 1.73. The number of rotatable bonds is 4. The van der Waals surface area contributed by atoms with Crippen molar-refractivity contribution in [2.75, 3.05) is 14.2 Å². The average molecular weight is 416 g/mol. The molecule has 122 valence electrons. The monoisotopic (exact) mass is 415 g/mol. The predicted octanol–water partition coefficient (Wildman–Crippen LogP) is 3.22. The van der Waals surface area contributed by atoms with Gasteiger partial charge in [-0.3, -0.25) is 9.69 Å². The molecule has 8 heteroatoms. The standard InChI is InChI=1S/C15H14BrNO4S2/c1-8(14(19)21-3)17-13(18)12(23-15(17)22)7-9-4-5-11(20-2)10(16)6-9/h4-8H,1-3H3/b12-7-/t8-/m1/s1. The molecule has 5 nitrogen and oxygen atoms in total. The lowest BCUT2D eigenvalue weighted by atomic mass is 10.2. The number of nitrogens with zero attached hydrogens (tertiary/aromatic N) is 1. The smallest absolute Gasteiger partial charge is 0.328 e. The number of carbonyl (C=O) groups excluding carboxylic acids is 2. The van der Waals surface area contributed by atoms with Crippen molar-refractivity contribution in [3.05, 3.63) is 33.1 Å². The second-order valence-electron chi connectivity index (χ2n) is 4.64. The lowest BCUT2D eigenvalue weighted by Crippen LogP contribution is -2.42. The van der Waals surface area contributed by atoms with Crippen LogP contribution in [0.3, 0.4) is 0 Å². The van der Waals surface area contributed by atoms with Gasteiger partial charge in [-0.15, -0.1) is 0 Å². The second kappa shape index (κ2) is 7.46. The Labute approximate surface area is 152 Å². The molecule has 1 saturated heterocycles. The van der Waals surface area contributed by atoms with Gasteiger partial charge in [0.2, 0.25) is 0 Å². The molecule has 1 fully saturated rings. The topological polar surface area (TPSA) is 55.8 Å². The van der Waals surface area contributed by atoms with Gasteiger partial charge in [-0.25, -0.2) is 4.79 Å². The maximum atomic E-state index is 12.5. The third-order valence-electron chi connectivity index (χ3n) is 3.23. The van der Waals surface area contributed by atoms with E-state index in [0.29, 0.717) is 15.0 Å². The van der Waals surface area contributed by atoms with Crippen LogP contribution in [-0.2, 0) is 14.3 Å². The zero-order valence-electron chi connectivity index (χ0n) is 12.7. The number of carbonyl (C=O) groups is 2. The Hall–Kier alpha value is -1.38. The van der Waals surface area contributed by atoms with Gasteiger partial charge in [0.1, 0.15) is 16.1 Å². The summed E-state index contributed by atoms with van der Waals surface area (Å²) in [7, 11) is 2.86. The Morgan fingerprint density at radius 3 is 2.70 bits per heavy atom. The van der Waals surface area contributed by atoms with E-state index in [4.69, 9.17) is 17.0 Å². The van der Waals surface area contributed by atoms with Crippen LogP contribution in [0.15, 0.2) is 27.6 Å². The number of hydrogen-bond acceptors (Lipinski definition) is 6. The van der Waals surface area contributed by atoms with E-state index in [9.17, 15) is 9.59 Å². The first-order chi connectivity index (χ1) is 10.9. The predicted molar refractivity (Wildman–Crippen MR) is 97.2 cm³/mol. The van der Waals surface area contributed by atoms with Crippen LogP contribution in [0.4, 0.5) is 0 Å². The summed E-state index contributed by atoms with van der Waals surface area (Å²) in [5.41, 5.74) is 0.823. The van der Waals surface area contributed by atoms with Gasteiger partial charge in [-0.1, -0.05) is 30.0 Å². The molecule has 2 rings (SSSR count). The molecule has 1 amide bonds. The van der Waals surface area contributed by atoms with Crippen LogP contribution in [0.5, 0.6) is 5.75 Å². The zero-order valence-corrected chi connectivity index (χ0v) is 15.9. The van der Waals surface area contributed by atoms with Crippen molar-refractivity contribution in [2.45, 2.75) is 13.0 Å². The van der Waals surface area contributed by atoms with Crippen molar-refractivity contribution < 1.29 is 19.1 Å². The summed E-state index contributed by atoms with van der Waals surface area (Å²) in [6.45, 7) is 1.59. The van der Waals surface area contributed by atoms with Crippen LogP contribution in [0.2, 0.25) is 0 Å². The van der Waals surface area contributed by atoms with Gasteiger partial charge in [0.05, 0.1) is 23.6 Å². The molecular weight excluding hydrogens is 402 g/mol. The first-order valence-electron chi connectivity index (χ1n) is 6.57. The molecule has 1 aromatic carbocycles. The Morgan fingerprint density at radius 1 is 1.43 bits per heavy atom. The van der Waals surface area contributed by atoms with Crippen LogP contribution < -0.4 is 4.74 Å². The number of amides is 1. The molecule has 1 aromatic rings. The molecule has 1 aliphatic rings. The Bertz CT molecular complexity index is 705. The molecule has 1 aliphatic heterocycles. The number of halogens is 1. The largest absolute Gasteiger partial charge is 0.496 e. The summed E-state index contributed by atoms with van der Waals surface area (Å²) >= 11 is 9.78. The summed E-state index contributed by atoms with van der Waals surface area (Å²) < 4.78 is 11.0. The van der Waals surface area contributed by atoms with Gasteiger partial charge in [0.25, 0.3) is 5.91 Å². The first-order valence-corrected chi connectivity index (χ1v) is 8.59. The highest BCUT2D eigenvalue weighted by molar-refractivity contribution is 9.10. The minimum absolute atomic E-state index is 0.301. The van der Waals surface area contributed by atoms with Crippen molar-refractivity contribution in [1.82, 2.24) is 4.90 Å². The van der Waals surface area contributed by atoms with Crippen LogP contribution in [-0.4, -0.2) is 41.4 Å². The fourth-order valence-electron chi connectivity index (χ4n) is 2.01. The van der Waals surface area contributed by atoms with E-state index in [1.807, 2.05) is 12.1 Å². The van der Waals surface area contributed by atoms with E-state index in [1.54, 1.807) is 26.2 Å². The number of thiocarbonyl (C=S) groups is 1. The minimum atomic E-state index is -0.749. The summed E-state index contributed by atoms with van der Waals surface area (Å²) in [5.74, 6) is -0.103. The molecule has 0 spiro atoms. The number of ether oxygens (including phenoxy) is 2. The van der Waals surface area contributed by atoms with Gasteiger partial charge in [0.15, 0.2) is 0 Å². The molecule has 1 atom stereocenters. The normalized spacial score (nSPS) is 17.6. The van der Waals surface area contributed by atoms with E-state index >= 15 is 0 Å². The van der Waals surface area contributed by atoms with E-state index in [0.717, 1.165) is 21.8 Å². The van der Waals surface area contributed by atoms with E-state index in [-0.39, 0.29) is 5.91 Å². The Morgan fingerprint density at radius 2 is 2.13 bits per heavy atom. The molecule has 0 saturated carbocycles. The molecular formula is C15H14BrNO4S2. The van der Waals surface area contributed by atoms with Gasteiger partial charge >= 0.3 is 5.97 Å². The number of methoxy groups -OCH3 is 2. The maximum Gasteiger partial charge on any atom is 0.328 e. The summed E-state index contributed by atoms with van der Waals surface area (Å²) in [5, 5.41) is 0. The highest BCUT2D eigenvalue weighted by Gasteiger charge is 2.38. The fourth-order valence-corrected chi connectivity index (χ4v) is 3.99. The van der Waals surface area contributed by atoms with E-state index in [2.05, 4.69) is 20.7 Å². The fraction of sp³-hybridized carbons (Fsp3) is 0.267. The number of esters is 1. The van der Waals surface area contributed by atoms with E-state index < -0.39 is 12.0 Å². The van der Waals surface area contributed by atoms with Crippen molar-refractivity contribution in [2.24, 2.45) is 0 Å². The van der Waals surface area contributed by atoms with Gasteiger partial charge in [0, 0.05) is 0 Å². The quantitative estimate of drug-likeness (QED) is 0.427. The number of thioether (sulfide) groups is 1. The van der Waals surface area contributed by atoms with Crippen molar-refractivity contribution in [1.29, 1.82) is 0 Å². The third-order valence-corrected chi connectivity index (χ3v) is 5.18. The molecule has 0 aromatic heterocycles.